The van der Waals surface area contributed by atoms with Crippen molar-refractivity contribution in [3.05, 3.63) is 69.8 Å². The summed E-state index contributed by atoms with van der Waals surface area (Å²) in [7, 11) is 0. The molecule has 2 aromatic carbocycles. The first kappa shape index (κ1) is 16.2. The summed E-state index contributed by atoms with van der Waals surface area (Å²) in [5, 5.41) is 9.13. The van der Waals surface area contributed by atoms with Crippen molar-refractivity contribution < 1.29 is 14.7 Å². The maximum Gasteiger partial charge on any atom is 0.335 e. The van der Waals surface area contributed by atoms with Gasteiger partial charge in [-0.3, -0.25) is 4.79 Å². The largest absolute Gasteiger partial charge is 0.478 e. The van der Waals surface area contributed by atoms with Crippen molar-refractivity contribution in [2.75, 3.05) is 6.54 Å². The first-order valence-corrected chi connectivity index (χ1v) is 8.13. The molecule has 124 valence electrons. The second-order valence-corrected chi connectivity index (χ2v) is 6.46. The molecule has 1 N–H and O–H groups in total. The van der Waals surface area contributed by atoms with Gasteiger partial charge in [-0.2, -0.15) is 0 Å². The molecular formula is C20H21NO3. The standard InChI is InChI=1S/C20H21NO3/c1-13-3-4-14(2)17(9-13)11-19(22)21-8-7-15-5-6-16(20(23)24)10-18(15)12-21/h3-6,9-10H,7-8,11-12H2,1-2H3,(H,23,24). The first-order valence-electron chi connectivity index (χ1n) is 8.13. The molecule has 0 bridgehead atoms. The molecule has 1 aliphatic rings. The monoisotopic (exact) mass is 323 g/mol. The van der Waals surface area contributed by atoms with Crippen molar-refractivity contribution in [3.8, 4) is 0 Å². The van der Waals surface area contributed by atoms with Crippen LogP contribution in [0.5, 0.6) is 0 Å². The molecule has 0 spiro atoms. The second kappa shape index (κ2) is 6.48. The third kappa shape index (κ3) is 3.32. The van der Waals surface area contributed by atoms with Crippen LogP contribution < -0.4 is 0 Å². The maximum absolute atomic E-state index is 12.7. The minimum absolute atomic E-state index is 0.0927. The third-order valence-electron chi connectivity index (χ3n) is 4.66. The average molecular weight is 323 g/mol. The van der Waals surface area contributed by atoms with Gasteiger partial charge in [0.1, 0.15) is 0 Å². The Morgan fingerprint density at radius 2 is 1.88 bits per heavy atom. The van der Waals surface area contributed by atoms with E-state index >= 15 is 0 Å². The van der Waals surface area contributed by atoms with Crippen LogP contribution in [-0.2, 0) is 24.2 Å². The number of aromatic carboxylic acids is 1. The molecular weight excluding hydrogens is 302 g/mol. The number of hydrogen-bond acceptors (Lipinski definition) is 2. The van der Waals surface area contributed by atoms with Gasteiger partial charge in [-0.25, -0.2) is 4.79 Å². The van der Waals surface area contributed by atoms with Gasteiger partial charge in [-0.1, -0.05) is 29.8 Å². The van der Waals surface area contributed by atoms with Crippen molar-refractivity contribution in [3.63, 3.8) is 0 Å². The van der Waals surface area contributed by atoms with E-state index in [2.05, 4.69) is 6.07 Å². The van der Waals surface area contributed by atoms with Crippen molar-refractivity contribution in [1.82, 2.24) is 4.90 Å². The van der Waals surface area contributed by atoms with Gasteiger partial charge in [0.25, 0.3) is 0 Å². The topological polar surface area (TPSA) is 57.6 Å². The molecule has 0 atom stereocenters. The van der Waals surface area contributed by atoms with Crippen LogP contribution in [0.15, 0.2) is 36.4 Å². The predicted molar refractivity (Wildman–Crippen MR) is 92.1 cm³/mol. The SMILES string of the molecule is Cc1ccc(C)c(CC(=O)N2CCc3ccc(C(=O)O)cc3C2)c1. The van der Waals surface area contributed by atoms with Gasteiger partial charge in [0.2, 0.25) is 5.91 Å². The normalized spacial score (nSPS) is 13.5. The fourth-order valence-corrected chi connectivity index (χ4v) is 3.17. The Hall–Kier alpha value is -2.62. The summed E-state index contributed by atoms with van der Waals surface area (Å²) in [6.45, 7) is 5.22. The van der Waals surface area contributed by atoms with Crippen LogP contribution in [0.2, 0.25) is 0 Å². The summed E-state index contributed by atoms with van der Waals surface area (Å²) in [5.41, 5.74) is 5.69. The third-order valence-corrected chi connectivity index (χ3v) is 4.66. The Bertz CT molecular complexity index is 811. The Morgan fingerprint density at radius 1 is 1.08 bits per heavy atom. The Kier molecular flexibility index (Phi) is 4.38. The minimum Gasteiger partial charge on any atom is -0.478 e. The van der Waals surface area contributed by atoms with E-state index in [0.717, 1.165) is 34.2 Å². The van der Waals surface area contributed by atoms with Crippen LogP contribution >= 0.6 is 0 Å². The predicted octanol–water partition coefficient (Wildman–Crippen LogP) is 3.13. The molecule has 0 fully saturated rings. The van der Waals surface area contributed by atoms with E-state index in [-0.39, 0.29) is 11.5 Å². The van der Waals surface area contributed by atoms with Crippen molar-refractivity contribution >= 4 is 11.9 Å². The molecule has 0 aliphatic carbocycles. The highest BCUT2D eigenvalue weighted by Crippen LogP contribution is 2.22. The molecule has 1 amide bonds. The van der Waals surface area contributed by atoms with Crippen molar-refractivity contribution in [2.45, 2.75) is 33.2 Å². The molecule has 0 saturated carbocycles. The number of rotatable bonds is 3. The zero-order valence-electron chi connectivity index (χ0n) is 14.0. The fourth-order valence-electron chi connectivity index (χ4n) is 3.17. The summed E-state index contributed by atoms with van der Waals surface area (Å²) in [6, 6.07) is 11.3. The Morgan fingerprint density at radius 3 is 2.62 bits per heavy atom. The van der Waals surface area contributed by atoms with E-state index in [1.807, 2.05) is 36.9 Å². The highest BCUT2D eigenvalue weighted by atomic mass is 16.4. The van der Waals surface area contributed by atoms with E-state index in [1.54, 1.807) is 12.1 Å². The van der Waals surface area contributed by atoms with E-state index < -0.39 is 5.97 Å². The highest BCUT2D eigenvalue weighted by molar-refractivity contribution is 5.88. The summed E-state index contributed by atoms with van der Waals surface area (Å²) >= 11 is 0. The number of hydrogen-bond donors (Lipinski definition) is 1. The zero-order valence-corrected chi connectivity index (χ0v) is 14.0. The van der Waals surface area contributed by atoms with E-state index in [4.69, 9.17) is 5.11 Å². The molecule has 3 rings (SSSR count). The van der Waals surface area contributed by atoms with Crippen LogP contribution in [0.4, 0.5) is 0 Å². The lowest BCUT2D eigenvalue weighted by Crippen LogP contribution is -2.37. The molecule has 4 nitrogen and oxygen atoms in total. The summed E-state index contributed by atoms with van der Waals surface area (Å²) < 4.78 is 0. The number of aryl methyl sites for hydroxylation is 2. The molecule has 0 unspecified atom stereocenters. The van der Waals surface area contributed by atoms with E-state index in [0.29, 0.717) is 19.5 Å². The lowest BCUT2D eigenvalue weighted by molar-refractivity contribution is -0.131. The number of carbonyl (C=O) groups is 2. The van der Waals surface area contributed by atoms with E-state index in [1.165, 1.54) is 0 Å². The summed E-state index contributed by atoms with van der Waals surface area (Å²) in [6.07, 6.45) is 1.16. The van der Waals surface area contributed by atoms with Gasteiger partial charge in [-0.15, -0.1) is 0 Å². The molecule has 0 aromatic heterocycles. The fraction of sp³-hybridized carbons (Fsp3) is 0.300. The second-order valence-electron chi connectivity index (χ2n) is 6.46. The van der Waals surface area contributed by atoms with Crippen molar-refractivity contribution in [1.29, 1.82) is 0 Å². The lowest BCUT2D eigenvalue weighted by Gasteiger charge is -2.29. The maximum atomic E-state index is 12.7. The number of benzene rings is 2. The number of carboxylic acids is 1. The van der Waals surface area contributed by atoms with Gasteiger partial charge in [-0.05, 0) is 54.7 Å². The molecule has 2 aromatic rings. The number of fused-ring (bicyclic) bond motifs is 1. The molecule has 24 heavy (non-hydrogen) atoms. The minimum atomic E-state index is -0.934. The Balaban J connectivity index is 1.77. The summed E-state index contributed by atoms with van der Waals surface area (Å²) in [4.78, 5) is 25.6. The highest BCUT2D eigenvalue weighted by Gasteiger charge is 2.22. The molecule has 0 saturated heterocycles. The number of nitrogens with zero attached hydrogens (tertiary/aromatic N) is 1. The van der Waals surface area contributed by atoms with Crippen LogP contribution in [0, 0.1) is 13.8 Å². The number of carbonyl (C=O) groups excluding carboxylic acids is 1. The lowest BCUT2D eigenvalue weighted by atomic mass is 9.96. The van der Waals surface area contributed by atoms with Gasteiger partial charge < -0.3 is 10.0 Å². The van der Waals surface area contributed by atoms with Crippen LogP contribution in [0.25, 0.3) is 0 Å². The smallest absolute Gasteiger partial charge is 0.335 e. The quantitative estimate of drug-likeness (QED) is 0.944. The molecule has 1 heterocycles. The number of amides is 1. The Labute approximate surface area is 141 Å². The van der Waals surface area contributed by atoms with Crippen LogP contribution in [0.3, 0.4) is 0 Å². The molecule has 0 radical (unpaired) electrons. The first-order chi connectivity index (χ1) is 11.4. The molecule has 4 heteroatoms. The van der Waals surface area contributed by atoms with Gasteiger partial charge in [0.15, 0.2) is 0 Å². The van der Waals surface area contributed by atoms with Crippen LogP contribution in [0.1, 0.15) is 38.2 Å². The summed E-state index contributed by atoms with van der Waals surface area (Å²) in [5.74, 6) is -0.841. The molecule has 1 aliphatic heterocycles. The number of carboxylic acid groups (broad SMARTS) is 1. The van der Waals surface area contributed by atoms with E-state index in [9.17, 15) is 9.59 Å². The van der Waals surface area contributed by atoms with Crippen molar-refractivity contribution in [2.24, 2.45) is 0 Å². The van der Waals surface area contributed by atoms with Gasteiger partial charge >= 0.3 is 5.97 Å². The zero-order chi connectivity index (χ0) is 17.3. The van der Waals surface area contributed by atoms with Crippen LogP contribution in [-0.4, -0.2) is 28.4 Å². The average Bonchev–Trinajstić information content (AvgIpc) is 2.57. The van der Waals surface area contributed by atoms with Gasteiger partial charge in [0.05, 0.1) is 12.0 Å². The van der Waals surface area contributed by atoms with Gasteiger partial charge in [0, 0.05) is 13.1 Å².